The predicted molar refractivity (Wildman–Crippen MR) is 84.5 cm³/mol. The van der Waals surface area contributed by atoms with Crippen molar-refractivity contribution in [1.29, 1.82) is 0 Å². The van der Waals surface area contributed by atoms with Crippen LogP contribution in [0.1, 0.15) is 30.0 Å². The van der Waals surface area contributed by atoms with Gasteiger partial charge in [-0.2, -0.15) is 0 Å². The zero-order chi connectivity index (χ0) is 14.5. The molecule has 1 aromatic carbocycles. The summed E-state index contributed by atoms with van der Waals surface area (Å²) in [7, 11) is 0. The Kier molecular flexibility index (Phi) is 4.86. The van der Waals surface area contributed by atoms with Crippen LogP contribution in [0.5, 0.6) is 0 Å². The van der Waals surface area contributed by atoms with E-state index in [0.29, 0.717) is 6.04 Å². The summed E-state index contributed by atoms with van der Waals surface area (Å²) in [6.45, 7) is 1.66. The van der Waals surface area contributed by atoms with Crippen LogP contribution in [0.4, 0.5) is 0 Å². The van der Waals surface area contributed by atoms with E-state index in [2.05, 4.69) is 28.5 Å². The minimum Gasteiger partial charge on any atom is -0.381 e. The van der Waals surface area contributed by atoms with Crippen molar-refractivity contribution in [3.8, 4) is 0 Å². The van der Waals surface area contributed by atoms with Gasteiger partial charge in [-0.3, -0.25) is 4.98 Å². The summed E-state index contributed by atoms with van der Waals surface area (Å²) in [5, 5.41) is 4.50. The SMILES string of the molecule is Clc1ccc(C(NC2CCOCC2)c2cccnc2)cc1. The van der Waals surface area contributed by atoms with E-state index in [1.165, 1.54) is 11.1 Å². The van der Waals surface area contributed by atoms with Gasteiger partial charge in [0.25, 0.3) is 0 Å². The first-order chi connectivity index (χ1) is 10.3. The minimum absolute atomic E-state index is 0.138. The molecule has 1 aromatic heterocycles. The van der Waals surface area contributed by atoms with Gasteiger partial charge < -0.3 is 10.1 Å². The minimum atomic E-state index is 0.138. The highest BCUT2D eigenvalue weighted by molar-refractivity contribution is 6.30. The summed E-state index contributed by atoms with van der Waals surface area (Å²) in [6, 6.07) is 12.7. The second-order valence-corrected chi connectivity index (χ2v) is 5.76. The van der Waals surface area contributed by atoms with Crippen LogP contribution in [0.25, 0.3) is 0 Å². The number of halogens is 1. The number of aromatic nitrogens is 1. The second kappa shape index (κ2) is 7.03. The van der Waals surface area contributed by atoms with Gasteiger partial charge in [-0.15, -0.1) is 0 Å². The predicted octanol–water partition coefficient (Wildman–Crippen LogP) is 3.59. The molecule has 4 heteroatoms. The maximum atomic E-state index is 6.00. The summed E-state index contributed by atoms with van der Waals surface area (Å²) in [4.78, 5) is 4.25. The lowest BCUT2D eigenvalue weighted by molar-refractivity contribution is 0.0760. The van der Waals surface area contributed by atoms with Gasteiger partial charge in [0.15, 0.2) is 0 Å². The van der Waals surface area contributed by atoms with Crippen LogP contribution in [0.3, 0.4) is 0 Å². The average molecular weight is 303 g/mol. The number of ether oxygens (including phenoxy) is 1. The largest absolute Gasteiger partial charge is 0.381 e. The smallest absolute Gasteiger partial charge is 0.0594 e. The van der Waals surface area contributed by atoms with Crippen molar-refractivity contribution in [3.05, 3.63) is 64.9 Å². The fourth-order valence-corrected chi connectivity index (χ4v) is 2.81. The Balaban J connectivity index is 1.85. The van der Waals surface area contributed by atoms with Gasteiger partial charge in [-0.05, 0) is 42.2 Å². The molecule has 21 heavy (non-hydrogen) atoms. The molecule has 1 atom stereocenters. The number of benzene rings is 1. The van der Waals surface area contributed by atoms with Crippen LogP contribution >= 0.6 is 11.6 Å². The van der Waals surface area contributed by atoms with E-state index < -0.39 is 0 Å². The fraction of sp³-hybridized carbons (Fsp3) is 0.353. The van der Waals surface area contributed by atoms with E-state index in [1.807, 2.05) is 24.4 Å². The molecule has 1 saturated heterocycles. The summed E-state index contributed by atoms with van der Waals surface area (Å²) in [5.41, 5.74) is 2.38. The van der Waals surface area contributed by atoms with Crippen molar-refractivity contribution < 1.29 is 4.74 Å². The monoisotopic (exact) mass is 302 g/mol. The average Bonchev–Trinajstić information content (AvgIpc) is 2.55. The molecule has 0 bridgehead atoms. The molecule has 0 spiro atoms. The molecular formula is C17H19ClN2O. The normalized spacial score (nSPS) is 17.6. The summed E-state index contributed by atoms with van der Waals surface area (Å²) in [6.07, 6.45) is 5.82. The summed E-state index contributed by atoms with van der Waals surface area (Å²) < 4.78 is 5.44. The van der Waals surface area contributed by atoms with E-state index in [9.17, 15) is 0 Å². The lowest BCUT2D eigenvalue weighted by Crippen LogP contribution is -2.37. The van der Waals surface area contributed by atoms with Gasteiger partial charge in [0, 0.05) is 36.7 Å². The highest BCUT2D eigenvalue weighted by Gasteiger charge is 2.21. The molecule has 0 amide bonds. The fourth-order valence-electron chi connectivity index (χ4n) is 2.69. The van der Waals surface area contributed by atoms with Crippen LogP contribution in [0.2, 0.25) is 5.02 Å². The lowest BCUT2D eigenvalue weighted by atomic mass is 9.97. The summed E-state index contributed by atoms with van der Waals surface area (Å²) >= 11 is 6.00. The van der Waals surface area contributed by atoms with E-state index in [1.54, 1.807) is 6.20 Å². The van der Waals surface area contributed by atoms with Gasteiger partial charge in [0.2, 0.25) is 0 Å². The molecule has 1 aliphatic rings. The third-order valence-electron chi connectivity index (χ3n) is 3.84. The van der Waals surface area contributed by atoms with Crippen LogP contribution < -0.4 is 5.32 Å². The number of pyridine rings is 1. The Hall–Kier alpha value is -1.42. The third-order valence-corrected chi connectivity index (χ3v) is 4.10. The Bertz CT molecular complexity index is 553. The van der Waals surface area contributed by atoms with E-state index in [0.717, 1.165) is 31.1 Å². The van der Waals surface area contributed by atoms with E-state index in [-0.39, 0.29) is 6.04 Å². The van der Waals surface area contributed by atoms with Gasteiger partial charge in [-0.1, -0.05) is 29.8 Å². The number of hydrogen-bond acceptors (Lipinski definition) is 3. The van der Waals surface area contributed by atoms with Crippen molar-refractivity contribution in [3.63, 3.8) is 0 Å². The van der Waals surface area contributed by atoms with Gasteiger partial charge in [0.05, 0.1) is 6.04 Å². The first-order valence-corrected chi connectivity index (χ1v) is 7.70. The molecule has 1 N–H and O–H groups in total. The molecule has 2 aromatic rings. The molecule has 0 radical (unpaired) electrons. The maximum Gasteiger partial charge on any atom is 0.0594 e. The Morgan fingerprint density at radius 3 is 2.52 bits per heavy atom. The topological polar surface area (TPSA) is 34.1 Å². The standard InChI is InChI=1S/C17H19ClN2O/c18-15-5-3-13(4-6-15)17(14-2-1-9-19-12-14)20-16-7-10-21-11-8-16/h1-6,9,12,16-17,20H,7-8,10-11H2. The van der Waals surface area contributed by atoms with Crippen molar-refractivity contribution >= 4 is 11.6 Å². The maximum absolute atomic E-state index is 6.00. The van der Waals surface area contributed by atoms with Crippen LogP contribution in [-0.4, -0.2) is 24.2 Å². The molecule has 2 heterocycles. The van der Waals surface area contributed by atoms with Crippen molar-refractivity contribution in [2.45, 2.75) is 24.9 Å². The number of nitrogens with zero attached hydrogens (tertiary/aromatic N) is 1. The molecule has 3 nitrogen and oxygen atoms in total. The van der Waals surface area contributed by atoms with Crippen molar-refractivity contribution in [2.75, 3.05) is 13.2 Å². The zero-order valence-corrected chi connectivity index (χ0v) is 12.6. The quantitative estimate of drug-likeness (QED) is 0.937. The molecule has 1 unspecified atom stereocenters. The molecule has 0 aliphatic carbocycles. The molecule has 1 fully saturated rings. The lowest BCUT2D eigenvalue weighted by Gasteiger charge is -2.29. The zero-order valence-electron chi connectivity index (χ0n) is 11.8. The second-order valence-electron chi connectivity index (χ2n) is 5.32. The first-order valence-electron chi connectivity index (χ1n) is 7.32. The number of nitrogens with one attached hydrogen (secondary N) is 1. The Morgan fingerprint density at radius 2 is 1.86 bits per heavy atom. The summed E-state index contributed by atoms with van der Waals surface area (Å²) in [5.74, 6) is 0. The van der Waals surface area contributed by atoms with Crippen LogP contribution in [-0.2, 0) is 4.74 Å². The number of rotatable bonds is 4. The molecule has 0 saturated carbocycles. The van der Waals surface area contributed by atoms with Gasteiger partial charge >= 0.3 is 0 Å². The Labute approximate surface area is 130 Å². The van der Waals surface area contributed by atoms with Crippen LogP contribution in [0, 0.1) is 0 Å². The van der Waals surface area contributed by atoms with Gasteiger partial charge in [-0.25, -0.2) is 0 Å². The van der Waals surface area contributed by atoms with E-state index >= 15 is 0 Å². The molecule has 3 rings (SSSR count). The van der Waals surface area contributed by atoms with E-state index in [4.69, 9.17) is 16.3 Å². The number of hydrogen-bond donors (Lipinski definition) is 1. The van der Waals surface area contributed by atoms with Gasteiger partial charge in [0.1, 0.15) is 0 Å². The molecule has 1 aliphatic heterocycles. The highest BCUT2D eigenvalue weighted by Crippen LogP contribution is 2.25. The highest BCUT2D eigenvalue weighted by atomic mass is 35.5. The Morgan fingerprint density at radius 1 is 1.10 bits per heavy atom. The molecular weight excluding hydrogens is 284 g/mol. The molecule has 110 valence electrons. The van der Waals surface area contributed by atoms with Crippen molar-refractivity contribution in [1.82, 2.24) is 10.3 Å². The first kappa shape index (κ1) is 14.5. The van der Waals surface area contributed by atoms with Crippen LogP contribution in [0.15, 0.2) is 48.8 Å². The third kappa shape index (κ3) is 3.82. The van der Waals surface area contributed by atoms with Crippen molar-refractivity contribution in [2.24, 2.45) is 0 Å².